The van der Waals surface area contributed by atoms with E-state index in [4.69, 9.17) is 5.73 Å². The fourth-order valence-corrected chi connectivity index (χ4v) is 1.51. The summed E-state index contributed by atoms with van der Waals surface area (Å²) >= 11 is 0. The first-order valence-corrected chi connectivity index (χ1v) is 5.40. The third-order valence-electron chi connectivity index (χ3n) is 2.41. The van der Waals surface area contributed by atoms with Crippen molar-refractivity contribution in [1.29, 1.82) is 0 Å². The molecule has 1 aromatic rings. The van der Waals surface area contributed by atoms with Gasteiger partial charge in [0.15, 0.2) is 0 Å². The molecule has 0 aliphatic heterocycles. The molecule has 4 heteroatoms. The Morgan fingerprint density at radius 2 is 2.06 bits per heavy atom. The molecular weight excluding hydrogens is 222 g/mol. The van der Waals surface area contributed by atoms with Gasteiger partial charge in [0.1, 0.15) is 0 Å². The Kier molecular flexibility index (Phi) is 5.61. The van der Waals surface area contributed by atoms with Crippen LogP contribution < -0.4 is 11.1 Å². The summed E-state index contributed by atoms with van der Waals surface area (Å²) in [5.41, 5.74) is 6.40. The zero-order valence-corrected chi connectivity index (χ0v) is 9.71. The number of benzene rings is 1. The smallest absolute Gasteiger partial charge is 0.263 e. The fourth-order valence-electron chi connectivity index (χ4n) is 1.51. The molecule has 0 bridgehead atoms. The van der Waals surface area contributed by atoms with Gasteiger partial charge in [0, 0.05) is 18.2 Å². The van der Waals surface area contributed by atoms with Crippen LogP contribution in [0.25, 0.3) is 0 Å². The molecule has 0 heterocycles. The summed E-state index contributed by atoms with van der Waals surface area (Å²) in [6, 6.07) is 6.15. The van der Waals surface area contributed by atoms with Gasteiger partial charge in [0.05, 0.1) is 6.54 Å². The molecule has 0 radical (unpaired) electrons. The quantitative estimate of drug-likeness (QED) is 0.772. The highest BCUT2D eigenvalue weighted by molar-refractivity contribution is 5.27. The van der Waals surface area contributed by atoms with Gasteiger partial charge in [-0.05, 0) is 18.6 Å². The van der Waals surface area contributed by atoms with Crippen molar-refractivity contribution in [3.05, 3.63) is 35.4 Å². The summed E-state index contributed by atoms with van der Waals surface area (Å²) in [6.07, 6.45) is -2.45. The minimum atomic E-state index is -2.45. The Hall–Kier alpha value is -1.44. The molecule has 0 fully saturated rings. The normalized spacial score (nSPS) is 12.1. The highest BCUT2D eigenvalue weighted by atomic mass is 19.3. The van der Waals surface area contributed by atoms with E-state index in [1.165, 1.54) is 12.1 Å². The number of alkyl halides is 2. The first kappa shape index (κ1) is 13.6. The van der Waals surface area contributed by atoms with Crippen molar-refractivity contribution < 1.29 is 8.78 Å². The van der Waals surface area contributed by atoms with Crippen LogP contribution >= 0.6 is 0 Å². The van der Waals surface area contributed by atoms with Crippen LogP contribution in [0.15, 0.2) is 24.3 Å². The Morgan fingerprint density at radius 1 is 1.35 bits per heavy atom. The van der Waals surface area contributed by atoms with Crippen LogP contribution in [0, 0.1) is 11.8 Å². The molecule has 1 unspecified atom stereocenters. The zero-order chi connectivity index (χ0) is 12.7. The minimum absolute atomic E-state index is 0.0179. The summed E-state index contributed by atoms with van der Waals surface area (Å²) in [4.78, 5) is 0. The van der Waals surface area contributed by atoms with Crippen molar-refractivity contribution >= 4 is 0 Å². The molecule has 0 aliphatic carbocycles. The largest absolute Gasteiger partial charge is 0.329 e. The van der Waals surface area contributed by atoms with Crippen LogP contribution in [0.2, 0.25) is 0 Å². The number of nitrogens with two attached hydrogens (primary N) is 1. The molecule has 0 aliphatic rings. The lowest BCUT2D eigenvalue weighted by Gasteiger charge is -2.16. The molecule has 0 spiro atoms. The Balaban J connectivity index is 2.79. The van der Waals surface area contributed by atoms with Gasteiger partial charge in [-0.2, -0.15) is 0 Å². The lowest BCUT2D eigenvalue weighted by molar-refractivity contribution is 0.151. The molecule has 0 saturated heterocycles. The topological polar surface area (TPSA) is 38.0 Å². The van der Waals surface area contributed by atoms with Crippen molar-refractivity contribution in [1.82, 2.24) is 5.32 Å². The van der Waals surface area contributed by atoms with Gasteiger partial charge >= 0.3 is 0 Å². The van der Waals surface area contributed by atoms with Crippen LogP contribution in [0.3, 0.4) is 0 Å². The molecule has 0 aromatic heterocycles. The zero-order valence-electron chi connectivity index (χ0n) is 9.71. The van der Waals surface area contributed by atoms with Crippen LogP contribution in [0.4, 0.5) is 8.78 Å². The van der Waals surface area contributed by atoms with Gasteiger partial charge in [0.25, 0.3) is 6.43 Å². The van der Waals surface area contributed by atoms with E-state index in [0.717, 1.165) is 5.56 Å². The predicted molar refractivity (Wildman–Crippen MR) is 64.6 cm³/mol. The molecule has 1 rings (SSSR count). The number of halogens is 2. The first-order valence-electron chi connectivity index (χ1n) is 5.40. The molecule has 92 valence electrons. The third kappa shape index (κ3) is 4.14. The highest BCUT2D eigenvalue weighted by Crippen LogP contribution is 2.22. The third-order valence-corrected chi connectivity index (χ3v) is 2.41. The van der Waals surface area contributed by atoms with Crippen molar-refractivity contribution in [2.24, 2.45) is 5.73 Å². The SMILES string of the molecule is CC#CCNC(CN)c1cccc(C(F)F)c1. The number of rotatable bonds is 5. The van der Waals surface area contributed by atoms with Crippen molar-refractivity contribution in [3.8, 4) is 11.8 Å². The van der Waals surface area contributed by atoms with E-state index < -0.39 is 6.43 Å². The van der Waals surface area contributed by atoms with Crippen molar-refractivity contribution in [2.45, 2.75) is 19.4 Å². The summed E-state index contributed by atoms with van der Waals surface area (Å²) in [6.45, 7) is 2.59. The lowest BCUT2D eigenvalue weighted by atomic mass is 10.0. The van der Waals surface area contributed by atoms with E-state index in [0.29, 0.717) is 13.1 Å². The van der Waals surface area contributed by atoms with Gasteiger partial charge in [-0.25, -0.2) is 8.78 Å². The van der Waals surface area contributed by atoms with Gasteiger partial charge in [-0.1, -0.05) is 24.1 Å². The Morgan fingerprint density at radius 3 is 2.65 bits per heavy atom. The van der Waals surface area contributed by atoms with Crippen molar-refractivity contribution in [3.63, 3.8) is 0 Å². The van der Waals surface area contributed by atoms with Crippen LogP contribution in [-0.4, -0.2) is 13.1 Å². The average Bonchev–Trinajstić information content (AvgIpc) is 2.35. The average molecular weight is 238 g/mol. The van der Waals surface area contributed by atoms with E-state index in [1.807, 2.05) is 0 Å². The van der Waals surface area contributed by atoms with Crippen LogP contribution in [0.1, 0.15) is 30.5 Å². The number of hydrogen-bond acceptors (Lipinski definition) is 2. The van der Waals surface area contributed by atoms with Gasteiger partial charge in [-0.15, -0.1) is 5.92 Å². The number of nitrogens with one attached hydrogen (secondary N) is 1. The summed E-state index contributed by atoms with van der Waals surface area (Å²) < 4.78 is 25.1. The van der Waals surface area contributed by atoms with Gasteiger partial charge in [0.2, 0.25) is 0 Å². The summed E-state index contributed by atoms with van der Waals surface area (Å²) in [5.74, 6) is 5.61. The fraction of sp³-hybridized carbons (Fsp3) is 0.385. The maximum atomic E-state index is 12.5. The second kappa shape index (κ2) is 7.00. The molecule has 1 atom stereocenters. The van der Waals surface area contributed by atoms with Crippen LogP contribution in [-0.2, 0) is 0 Å². The van der Waals surface area contributed by atoms with E-state index in [9.17, 15) is 8.78 Å². The summed E-state index contributed by atoms with van der Waals surface area (Å²) in [7, 11) is 0. The highest BCUT2D eigenvalue weighted by Gasteiger charge is 2.12. The standard InChI is InChI=1S/C13H16F2N2/c1-2-3-7-17-12(9-16)10-5-4-6-11(8-10)13(14)15/h4-6,8,12-13,17H,7,9,16H2,1H3. The second-order valence-electron chi connectivity index (χ2n) is 3.57. The summed E-state index contributed by atoms with van der Waals surface area (Å²) in [5, 5.41) is 3.11. The molecule has 3 N–H and O–H groups in total. The van der Waals surface area contributed by atoms with Crippen molar-refractivity contribution in [2.75, 3.05) is 13.1 Å². The Labute approximate surface area is 100 Å². The van der Waals surface area contributed by atoms with Crippen LogP contribution in [0.5, 0.6) is 0 Å². The van der Waals surface area contributed by atoms with E-state index >= 15 is 0 Å². The molecule has 17 heavy (non-hydrogen) atoms. The molecular formula is C13H16F2N2. The Bertz CT molecular complexity index is 407. The van der Waals surface area contributed by atoms with E-state index in [1.54, 1.807) is 19.1 Å². The maximum Gasteiger partial charge on any atom is 0.263 e. The second-order valence-corrected chi connectivity index (χ2v) is 3.57. The van der Waals surface area contributed by atoms with Gasteiger partial charge < -0.3 is 5.73 Å². The van der Waals surface area contributed by atoms with E-state index in [-0.39, 0.29) is 11.6 Å². The van der Waals surface area contributed by atoms with Gasteiger partial charge in [-0.3, -0.25) is 5.32 Å². The maximum absolute atomic E-state index is 12.5. The monoisotopic (exact) mass is 238 g/mol. The lowest BCUT2D eigenvalue weighted by Crippen LogP contribution is -2.28. The molecule has 1 aromatic carbocycles. The first-order chi connectivity index (χ1) is 8.19. The minimum Gasteiger partial charge on any atom is -0.329 e. The molecule has 0 amide bonds. The number of hydrogen-bond donors (Lipinski definition) is 2. The molecule has 0 saturated carbocycles. The predicted octanol–water partition coefficient (Wildman–Crippen LogP) is 2.24. The van der Waals surface area contributed by atoms with E-state index in [2.05, 4.69) is 17.2 Å². The molecule has 2 nitrogen and oxygen atoms in total.